The van der Waals surface area contributed by atoms with E-state index < -0.39 is 0 Å². The Morgan fingerprint density at radius 1 is 1.12 bits per heavy atom. The maximum Gasteiger partial charge on any atom is 0.186 e. The number of phenols is 2. The number of ketones is 1. The van der Waals surface area contributed by atoms with Gasteiger partial charge in [-0.05, 0) is 35.2 Å². The third-order valence-corrected chi connectivity index (χ3v) is 6.09. The van der Waals surface area contributed by atoms with Crippen LogP contribution >= 0.6 is 0 Å². The van der Waals surface area contributed by atoms with E-state index in [9.17, 15) is 15.0 Å². The monoisotopic (exact) mass is 465 g/mol. The molecule has 3 aromatic rings. The molecule has 34 heavy (non-hydrogen) atoms. The van der Waals surface area contributed by atoms with Crippen molar-refractivity contribution in [1.29, 1.82) is 0 Å². The van der Waals surface area contributed by atoms with Crippen LogP contribution in [0.15, 0.2) is 40.9 Å². The van der Waals surface area contributed by atoms with E-state index in [2.05, 4.69) is 10.1 Å². The van der Waals surface area contributed by atoms with Gasteiger partial charge in [0.15, 0.2) is 17.2 Å². The SMILES string of the molecule is CC(C)c1cc(-c2onc(C(=O)CCN)c2-c2ccc(CN3CCOCC3)cc2)c(O)cc1O. The van der Waals surface area contributed by atoms with Gasteiger partial charge in [-0.2, -0.15) is 0 Å². The zero-order valence-corrected chi connectivity index (χ0v) is 19.6. The lowest BCUT2D eigenvalue weighted by Gasteiger charge is -2.26. The summed E-state index contributed by atoms with van der Waals surface area (Å²) in [6.07, 6.45) is 0.132. The zero-order valence-electron chi connectivity index (χ0n) is 19.6. The highest BCUT2D eigenvalue weighted by atomic mass is 16.5. The number of ether oxygens (including phenoxy) is 1. The average molecular weight is 466 g/mol. The highest BCUT2D eigenvalue weighted by Gasteiger charge is 2.26. The predicted molar refractivity (Wildman–Crippen MR) is 129 cm³/mol. The molecule has 8 heteroatoms. The van der Waals surface area contributed by atoms with Crippen molar-refractivity contribution in [2.24, 2.45) is 5.73 Å². The van der Waals surface area contributed by atoms with Crippen molar-refractivity contribution >= 4 is 5.78 Å². The van der Waals surface area contributed by atoms with Crippen molar-refractivity contribution < 1.29 is 24.3 Å². The molecule has 0 aliphatic carbocycles. The second-order valence-corrected chi connectivity index (χ2v) is 8.87. The van der Waals surface area contributed by atoms with E-state index in [1.165, 1.54) is 6.07 Å². The van der Waals surface area contributed by atoms with Gasteiger partial charge in [0.25, 0.3) is 0 Å². The molecule has 4 N–H and O–H groups in total. The summed E-state index contributed by atoms with van der Waals surface area (Å²) in [5.41, 5.74) is 9.23. The fourth-order valence-electron chi connectivity index (χ4n) is 4.21. The molecule has 0 unspecified atom stereocenters. The van der Waals surface area contributed by atoms with Gasteiger partial charge in [0.2, 0.25) is 0 Å². The second kappa shape index (κ2) is 10.4. The third-order valence-electron chi connectivity index (χ3n) is 6.09. The summed E-state index contributed by atoms with van der Waals surface area (Å²) in [4.78, 5) is 15.1. The Kier molecular flexibility index (Phi) is 7.31. The van der Waals surface area contributed by atoms with Crippen molar-refractivity contribution in [2.75, 3.05) is 32.8 Å². The smallest absolute Gasteiger partial charge is 0.186 e. The number of benzene rings is 2. The van der Waals surface area contributed by atoms with Crippen molar-refractivity contribution in [1.82, 2.24) is 10.1 Å². The van der Waals surface area contributed by atoms with E-state index in [0.29, 0.717) is 16.7 Å². The lowest BCUT2D eigenvalue weighted by Crippen LogP contribution is -2.35. The molecule has 1 aliphatic heterocycles. The maximum absolute atomic E-state index is 12.8. The molecule has 180 valence electrons. The van der Waals surface area contributed by atoms with E-state index in [4.69, 9.17) is 15.0 Å². The number of nitrogens with zero attached hydrogens (tertiary/aromatic N) is 2. The molecular weight excluding hydrogens is 434 g/mol. The van der Waals surface area contributed by atoms with E-state index in [1.807, 2.05) is 38.1 Å². The Bertz CT molecular complexity index is 1150. The van der Waals surface area contributed by atoms with E-state index in [1.54, 1.807) is 6.07 Å². The molecule has 0 amide bonds. The van der Waals surface area contributed by atoms with Gasteiger partial charge in [-0.25, -0.2) is 0 Å². The zero-order chi connectivity index (χ0) is 24.2. The summed E-state index contributed by atoms with van der Waals surface area (Å²) in [5.74, 6) is -0.0817. The van der Waals surface area contributed by atoms with Crippen LogP contribution in [0.2, 0.25) is 0 Å². The molecule has 0 atom stereocenters. The van der Waals surface area contributed by atoms with Crippen molar-refractivity contribution in [2.45, 2.75) is 32.7 Å². The fourth-order valence-corrected chi connectivity index (χ4v) is 4.21. The minimum atomic E-state index is -0.229. The maximum atomic E-state index is 12.8. The Morgan fingerprint density at radius 2 is 1.82 bits per heavy atom. The van der Waals surface area contributed by atoms with Crippen LogP contribution in [0.25, 0.3) is 22.5 Å². The third kappa shape index (κ3) is 4.99. The minimum Gasteiger partial charge on any atom is -0.508 e. The van der Waals surface area contributed by atoms with Gasteiger partial charge < -0.3 is 25.2 Å². The first-order valence-corrected chi connectivity index (χ1v) is 11.6. The lowest BCUT2D eigenvalue weighted by molar-refractivity contribution is 0.0342. The van der Waals surface area contributed by atoms with E-state index in [-0.39, 0.29) is 47.6 Å². The van der Waals surface area contributed by atoms with Crippen LogP contribution < -0.4 is 5.73 Å². The van der Waals surface area contributed by atoms with Crippen LogP contribution in [-0.4, -0.2) is 58.9 Å². The Morgan fingerprint density at radius 3 is 2.47 bits per heavy atom. The van der Waals surface area contributed by atoms with E-state index in [0.717, 1.165) is 44.0 Å². The molecule has 1 fully saturated rings. The summed E-state index contributed by atoms with van der Waals surface area (Å²) >= 11 is 0. The number of aromatic hydroxyl groups is 2. The van der Waals surface area contributed by atoms with Crippen LogP contribution in [0.5, 0.6) is 11.5 Å². The van der Waals surface area contributed by atoms with Crippen molar-refractivity contribution in [3.63, 3.8) is 0 Å². The molecule has 0 bridgehead atoms. The highest BCUT2D eigenvalue weighted by Crippen LogP contribution is 2.43. The molecule has 1 aliphatic rings. The number of carbonyl (C=O) groups excluding carboxylic acids is 1. The molecule has 0 radical (unpaired) electrons. The van der Waals surface area contributed by atoms with Crippen LogP contribution in [0, 0.1) is 0 Å². The largest absolute Gasteiger partial charge is 0.508 e. The molecule has 8 nitrogen and oxygen atoms in total. The number of hydrogen-bond donors (Lipinski definition) is 3. The van der Waals surface area contributed by atoms with Gasteiger partial charge in [-0.3, -0.25) is 9.69 Å². The van der Waals surface area contributed by atoms with Gasteiger partial charge in [0.1, 0.15) is 11.5 Å². The molecule has 0 saturated carbocycles. The Hall–Kier alpha value is -3.20. The second-order valence-electron chi connectivity index (χ2n) is 8.87. The number of rotatable bonds is 8. The standard InChI is InChI=1S/C26H31N3O5/c1-16(2)19-13-20(23(32)14-22(19)31)26-24(25(28-34-26)21(30)7-8-27)18-5-3-17(4-6-18)15-29-9-11-33-12-10-29/h3-6,13-14,16,31-32H,7-12,15,27H2,1-2H3. The Labute approximate surface area is 198 Å². The molecule has 1 saturated heterocycles. The minimum absolute atomic E-state index is 0.00390. The molecule has 2 aromatic carbocycles. The quantitative estimate of drug-likeness (QED) is 0.428. The highest BCUT2D eigenvalue weighted by molar-refractivity contribution is 6.03. The average Bonchev–Trinajstić information content (AvgIpc) is 3.25. The van der Waals surface area contributed by atoms with E-state index >= 15 is 0 Å². The molecule has 1 aromatic heterocycles. The van der Waals surface area contributed by atoms with Gasteiger partial charge >= 0.3 is 0 Å². The van der Waals surface area contributed by atoms with Gasteiger partial charge in [-0.15, -0.1) is 0 Å². The summed E-state index contributed by atoms with van der Waals surface area (Å²) in [5, 5.41) is 25.0. The van der Waals surface area contributed by atoms with Crippen LogP contribution in [-0.2, 0) is 11.3 Å². The van der Waals surface area contributed by atoms with Gasteiger partial charge in [0.05, 0.1) is 24.3 Å². The summed E-state index contributed by atoms with van der Waals surface area (Å²) in [6, 6.07) is 10.9. The van der Waals surface area contributed by atoms with Crippen LogP contribution in [0.3, 0.4) is 0 Å². The first kappa shape index (κ1) is 23.9. The number of phenolic OH excluding ortho intramolecular Hbond substituents is 2. The summed E-state index contributed by atoms with van der Waals surface area (Å²) in [6.45, 7) is 8.17. The fraction of sp³-hybridized carbons (Fsp3) is 0.385. The number of carbonyl (C=O) groups is 1. The first-order chi connectivity index (χ1) is 16.4. The predicted octanol–water partition coefficient (Wildman–Crippen LogP) is 3.91. The molecular formula is C26H31N3O5. The van der Waals surface area contributed by atoms with Gasteiger partial charge in [-0.1, -0.05) is 43.3 Å². The number of morpholine rings is 1. The number of aromatic nitrogens is 1. The molecule has 0 spiro atoms. The first-order valence-electron chi connectivity index (χ1n) is 11.6. The summed E-state index contributed by atoms with van der Waals surface area (Å²) < 4.78 is 11.1. The number of hydrogen-bond acceptors (Lipinski definition) is 8. The van der Waals surface area contributed by atoms with Crippen molar-refractivity contribution in [3.05, 3.63) is 53.2 Å². The number of nitrogens with two attached hydrogens (primary N) is 1. The summed E-state index contributed by atoms with van der Waals surface area (Å²) in [7, 11) is 0. The Balaban J connectivity index is 1.76. The number of Topliss-reactive ketones (excluding diaryl/α,β-unsaturated/α-hetero) is 1. The molecule has 2 heterocycles. The molecule has 4 rings (SSSR count). The lowest BCUT2D eigenvalue weighted by atomic mass is 9.93. The normalized spacial score (nSPS) is 14.6. The van der Waals surface area contributed by atoms with Crippen molar-refractivity contribution in [3.8, 4) is 33.9 Å². The van der Waals surface area contributed by atoms with Gasteiger partial charge in [0, 0.05) is 32.1 Å². The van der Waals surface area contributed by atoms with Crippen LogP contribution in [0.1, 0.15) is 47.8 Å². The van der Waals surface area contributed by atoms with Crippen LogP contribution in [0.4, 0.5) is 0 Å². The topological polar surface area (TPSA) is 122 Å².